The molecule has 0 unspecified atom stereocenters. The van der Waals surface area contributed by atoms with Crippen molar-refractivity contribution in [2.75, 3.05) is 4.90 Å². The SMILES string of the molecule is Cc1ccc2ccccc2c1N(c1ccc2c(c1)C(C)(C)c1ccccc1-2)c1ccc2c(c1)C1(CCCC1)c1ccccc1-2. The van der Waals surface area contributed by atoms with Gasteiger partial charge in [0.2, 0.25) is 0 Å². The second kappa shape index (κ2) is 9.19. The molecule has 3 aliphatic carbocycles. The van der Waals surface area contributed by atoms with Crippen LogP contribution in [0.2, 0.25) is 0 Å². The zero-order valence-corrected chi connectivity index (χ0v) is 25.8. The Bertz CT molecular complexity index is 2120. The lowest BCUT2D eigenvalue weighted by molar-refractivity contribution is 0.550. The lowest BCUT2D eigenvalue weighted by atomic mass is 9.76. The van der Waals surface area contributed by atoms with Crippen LogP contribution in [0.25, 0.3) is 33.0 Å². The maximum absolute atomic E-state index is 2.56. The summed E-state index contributed by atoms with van der Waals surface area (Å²) in [7, 11) is 0. The van der Waals surface area contributed by atoms with Crippen LogP contribution in [0.15, 0.2) is 121 Å². The van der Waals surface area contributed by atoms with Gasteiger partial charge >= 0.3 is 0 Å². The van der Waals surface area contributed by atoms with E-state index >= 15 is 0 Å². The lowest BCUT2D eigenvalue weighted by Gasteiger charge is -2.32. The molecule has 0 aromatic heterocycles. The third-order valence-electron chi connectivity index (χ3n) is 11.1. The Morgan fingerprint density at radius 2 is 1.09 bits per heavy atom. The van der Waals surface area contributed by atoms with Crippen molar-refractivity contribution in [2.45, 2.75) is 57.3 Å². The largest absolute Gasteiger partial charge is 0.310 e. The Morgan fingerprint density at radius 3 is 1.84 bits per heavy atom. The summed E-state index contributed by atoms with van der Waals surface area (Å²) in [4.78, 5) is 2.56. The van der Waals surface area contributed by atoms with Gasteiger partial charge in [-0.05, 0) is 99.5 Å². The predicted molar refractivity (Wildman–Crippen MR) is 186 cm³/mol. The highest BCUT2D eigenvalue weighted by Crippen LogP contribution is 2.58. The summed E-state index contributed by atoms with van der Waals surface area (Å²) < 4.78 is 0. The second-order valence-corrected chi connectivity index (χ2v) is 13.8. The maximum atomic E-state index is 2.56. The molecule has 0 amide bonds. The predicted octanol–water partition coefficient (Wildman–Crippen LogP) is 11.8. The Hall–Kier alpha value is -4.62. The van der Waals surface area contributed by atoms with Gasteiger partial charge in [0.25, 0.3) is 0 Å². The summed E-state index contributed by atoms with van der Waals surface area (Å²) >= 11 is 0. The molecule has 1 fully saturated rings. The number of benzene rings is 6. The van der Waals surface area contributed by atoms with Crippen molar-refractivity contribution < 1.29 is 0 Å². The normalized spacial score (nSPS) is 16.5. The molecule has 3 aliphatic rings. The molecule has 0 aliphatic heterocycles. The van der Waals surface area contributed by atoms with Gasteiger partial charge in [-0.15, -0.1) is 0 Å². The first-order valence-corrected chi connectivity index (χ1v) is 16.2. The molecule has 0 N–H and O–H groups in total. The van der Waals surface area contributed by atoms with Crippen molar-refractivity contribution in [3.63, 3.8) is 0 Å². The van der Waals surface area contributed by atoms with Crippen molar-refractivity contribution in [1.82, 2.24) is 0 Å². The zero-order chi connectivity index (χ0) is 29.6. The molecular weight excluding hydrogens is 530 g/mol. The molecule has 9 rings (SSSR count). The second-order valence-electron chi connectivity index (χ2n) is 13.8. The van der Waals surface area contributed by atoms with Crippen LogP contribution in [-0.4, -0.2) is 0 Å². The quantitative estimate of drug-likeness (QED) is 0.206. The Balaban J connectivity index is 1.31. The number of hydrogen-bond donors (Lipinski definition) is 0. The third-order valence-corrected chi connectivity index (χ3v) is 11.1. The minimum absolute atomic E-state index is 0.0606. The van der Waals surface area contributed by atoms with E-state index in [0.717, 1.165) is 0 Å². The highest BCUT2D eigenvalue weighted by Gasteiger charge is 2.45. The minimum atomic E-state index is -0.0606. The van der Waals surface area contributed by atoms with Crippen LogP contribution < -0.4 is 4.90 Å². The van der Waals surface area contributed by atoms with Crippen LogP contribution in [0.3, 0.4) is 0 Å². The van der Waals surface area contributed by atoms with Gasteiger partial charge in [0.15, 0.2) is 0 Å². The summed E-state index contributed by atoms with van der Waals surface area (Å²) in [6.07, 6.45) is 5.06. The summed E-state index contributed by atoms with van der Waals surface area (Å²) in [6.45, 7) is 7.03. The Labute approximate surface area is 260 Å². The van der Waals surface area contributed by atoms with Crippen molar-refractivity contribution in [3.8, 4) is 22.3 Å². The summed E-state index contributed by atoms with van der Waals surface area (Å²) in [5.41, 5.74) is 16.5. The number of rotatable bonds is 3. The van der Waals surface area contributed by atoms with Crippen molar-refractivity contribution in [1.29, 1.82) is 0 Å². The van der Waals surface area contributed by atoms with E-state index in [1.807, 2.05) is 0 Å². The Morgan fingerprint density at radius 1 is 0.523 bits per heavy atom. The van der Waals surface area contributed by atoms with Gasteiger partial charge in [-0.2, -0.15) is 0 Å². The molecule has 0 radical (unpaired) electrons. The van der Waals surface area contributed by atoms with Crippen molar-refractivity contribution in [3.05, 3.63) is 149 Å². The summed E-state index contributed by atoms with van der Waals surface area (Å²) in [5.74, 6) is 0. The fourth-order valence-electron chi connectivity index (χ4n) is 9.00. The molecule has 0 saturated heterocycles. The van der Waals surface area contributed by atoms with Gasteiger partial charge in [0, 0.05) is 27.6 Å². The average molecular weight is 568 g/mol. The van der Waals surface area contributed by atoms with Crippen LogP contribution in [0.5, 0.6) is 0 Å². The van der Waals surface area contributed by atoms with E-state index in [2.05, 4.69) is 147 Å². The van der Waals surface area contributed by atoms with E-state index in [0.29, 0.717) is 0 Å². The molecule has 214 valence electrons. The zero-order valence-electron chi connectivity index (χ0n) is 25.8. The fraction of sp³-hybridized carbons (Fsp3) is 0.209. The highest BCUT2D eigenvalue weighted by atomic mass is 15.1. The number of anilines is 3. The van der Waals surface area contributed by atoms with E-state index in [1.165, 1.54) is 104 Å². The van der Waals surface area contributed by atoms with Gasteiger partial charge < -0.3 is 4.90 Å². The maximum Gasteiger partial charge on any atom is 0.0569 e. The van der Waals surface area contributed by atoms with Gasteiger partial charge in [-0.1, -0.05) is 124 Å². The molecule has 1 heteroatoms. The first-order valence-electron chi connectivity index (χ1n) is 16.2. The van der Waals surface area contributed by atoms with Crippen LogP contribution in [0.4, 0.5) is 17.1 Å². The minimum Gasteiger partial charge on any atom is -0.310 e. The number of hydrogen-bond acceptors (Lipinski definition) is 1. The third kappa shape index (κ3) is 3.41. The number of nitrogens with zero attached hydrogens (tertiary/aromatic N) is 1. The van der Waals surface area contributed by atoms with E-state index in [4.69, 9.17) is 0 Å². The van der Waals surface area contributed by atoms with E-state index in [-0.39, 0.29) is 10.8 Å². The van der Waals surface area contributed by atoms with Crippen LogP contribution >= 0.6 is 0 Å². The van der Waals surface area contributed by atoms with Gasteiger partial charge in [-0.3, -0.25) is 0 Å². The summed E-state index contributed by atoms with van der Waals surface area (Å²) in [6, 6.07) is 46.1. The smallest absolute Gasteiger partial charge is 0.0569 e. The molecule has 0 heterocycles. The van der Waals surface area contributed by atoms with E-state index < -0.39 is 0 Å². The monoisotopic (exact) mass is 567 g/mol. The summed E-state index contributed by atoms with van der Waals surface area (Å²) in [5, 5.41) is 2.56. The van der Waals surface area contributed by atoms with E-state index in [1.54, 1.807) is 0 Å². The molecule has 6 aromatic carbocycles. The lowest BCUT2D eigenvalue weighted by Crippen LogP contribution is -2.21. The van der Waals surface area contributed by atoms with Crippen molar-refractivity contribution in [2.24, 2.45) is 0 Å². The Kier molecular flexibility index (Phi) is 5.40. The number of aryl methyl sites for hydroxylation is 1. The van der Waals surface area contributed by atoms with E-state index in [9.17, 15) is 0 Å². The molecular formula is C43H37N. The van der Waals surface area contributed by atoms with Crippen LogP contribution in [0, 0.1) is 6.92 Å². The first-order chi connectivity index (χ1) is 21.5. The molecule has 1 spiro atoms. The molecule has 1 nitrogen and oxygen atoms in total. The molecule has 1 saturated carbocycles. The van der Waals surface area contributed by atoms with Gasteiger partial charge in [0.1, 0.15) is 0 Å². The standard InChI is InChI=1S/C43H37N/c1-28-18-19-29-12-4-5-13-32(29)41(28)44(30-20-22-35-33-14-6-8-16-37(33)42(2,3)39(35)26-30)31-21-23-36-34-15-7-9-17-38(34)43(40(36)27-31)24-10-11-25-43/h4-9,12-23,26-27H,10-11,24-25H2,1-3H3. The molecule has 44 heavy (non-hydrogen) atoms. The highest BCUT2D eigenvalue weighted by molar-refractivity contribution is 6.01. The fourth-order valence-corrected chi connectivity index (χ4v) is 9.00. The topological polar surface area (TPSA) is 3.24 Å². The van der Waals surface area contributed by atoms with Crippen molar-refractivity contribution >= 4 is 27.8 Å². The molecule has 0 bridgehead atoms. The molecule has 6 aromatic rings. The van der Waals surface area contributed by atoms with Gasteiger partial charge in [-0.25, -0.2) is 0 Å². The average Bonchev–Trinajstić information content (AvgIpc) is 3.72. The number of fused-ring (bicyclic) bond motifs is 9. The van der Waals surface area contributed by atoms with Crippen LogP contribution in [0.1, 0.15) is 67.3 Å². The van der Waals surface area contributed by atoms with Crippen LogP contribution in [-0.2, 0) is 10.8 Å². The van der Waals surface area contributed by atoms with Gasteiger partial charge in [0.05, 0.1) is 5.69 Å². The first kappa shape index (κ1) is 25.8. The molecule has 0 atom stereocenters.